The normalized spacial score (nSPS) is 10.0. The number of halogens is 1. The number of urea groups is 1. The van der Waals surface area contributed by atoms with Crippen LogP contribution in [0.5, 0.6) is 0 Å². The van der Waals surface area contributed by atoms with E-state index in [0.717, 1.165) is 4.47 Å². The molecule has 0 fully saturated rings. The van der Waals surface area contributed by atoms with E-state index in [2.05, 4.69) is 31.7 Å². The van der Waals surface area contributed by atoms with E-state index in [1.165, 1.54) is 0 Å². The molecule has 1 heterocycles. The average Bonchev–Trinajstić information content (AvgIpc) is 2.63. The molecule has 0 saturated carbocycles. The van der Waals surface area contributed by atoms with Crippen LogP contribution in [0.15, 0.2) is 39.3 Å². The highest BCUT2D eigenvalue weighted by Gasteiger charge is 2.06. The summed E-state index contributed by atoms with van der Waals surface area (Å²) in [5.74, 6) is 1.03. The number of hydrogen-bond donors (Lipinski definition) is 2. The van der Waals surface area contributed by atoms with Gasteiger partial charge in [0, 0.05) is 16.2 Å². The van der Waals surface area contributed by atoms with Crippen molar-refractivity contribution in [3.05, 3.63) is 40.6 Å². The van der Waals surface area contributed by atoms with Crippen molar-refractivity contribution in [2.45, 2.75) is 6.92 Å². The zero-order valence-electron chi connectivity index (χ0n) is 9.03. The SMILES string of the molecule is Cc1cc(NC(=O)Nc2cccc(Br)c2)no1. The second-order valence-corrected chi connectivity index (χ2v) is 4.33. The number of hydrogen-bond acceptors (Lipinski definition) is 3. The van der Waals surface area contributed by atoms with Crippen LogP contribution in [0.2, 0.25) is 0 Å². The Labute approximate surface area is 106 Å². The standard InChI is InChI=1S/C11H10BrN3O2/c1-7-5-10(15-17-7)14-11(16)13-9-4-2-3-8(12)6-9/h2-6H,1H3,(H2,13,14,15,16). The molecule has 2 rings (SSSR count). The third kappa shape index (κ3) is 3.32. The van der Waals surface area contributed by atoms with Crippen molar-refractivity contribution >= 4 is 33.5 Å². The highest BCUT2D eigenvalue weighted by Crippen LogP contribution is 2.16. The summed E-state index contributed by atoms with van der Waals surface area (Å²) >= 11 is 3.32. The molecule has 0 bridgehead atoms. The van der Waals surface area contributed by atoms with Crippen molar-refractivity contribution in [3.63, 3.8) is 0 Å². The van der Waals surface area contributed by atoms with Gasteiger partial charge in [0.1, 0.15) is 5.76 Å². The molecule has 1 aromatic carbocycles. The maximum Gasteiger partial charge on any atom is 0.324 e. The summed E-state index contributed by atoms with van der Waals surface area (Å²) in [6.07, 6.45) is 0. The van der Waals surface area contributed by atoms with Gasteiger partial charge in [-0.1, -0.05) is 27.2 Å². The first-order chi connectivity index (χ1) is 8.13. The van der Waals surface area contributed by atoms with E-state index >= 15 is 0 Å². The maximum absolute atomic E-state index is 11.6. The number of carbonyl (C=O) groups excluding carboxylic acids is 1. The Kier molecular flexibility index (Phi) is 3.43. The van der Waals surface area contributed by atoms with Crippen LogP contribution >= 0.6 is 15.9 Å². The Balaban J connectivity index is 1.98. The van der Waals surface area contributed by atoms with Crippen molar-refractivity contribution in [1.29, 1.82) is 0 Å². The fraction of sp³-hybridized carbons (Fsp3) is 0.0909. The van der Waals surface area contributed by atoms with Gasteiger partial charge in [0.05, 0.1) is 0 Å². The lowest BCUT2D eigenvalue weighted by atomic mass is 10.3. The Morgan fingerprint density at radius 1 is 1.35 bits per heavy atom. The van der Waals surface area contributed by atoms with E-state index < -0.39 is 0 Å². The van der Waals surface area contributed by atoms with Gasteiger partial charge in [-0.15, -0.1) is 0 Å². The molecule has 88 valence electrons. The summed E-state index contributed by atoms with van der Waals surface area (Å²) in [6.45, 7) is 1.75. The van der Waals surface area contributed by atoms with Crippen LogP contribution in [-0.4, -0.2) is 11.2 Å². The molecule has 6 heteroatoms. The predicted molar refractivity (Wildman–Crippen MR) is 68.0 cm³/mol. The van der Waals surface area contributed by atoms with Crippen LogP contribution in [-0.2, 0) is 0 Å². The monoisotopic (exact) mass is 295 g/mol. The minimum Gasteiger partial charge on any atom is -0.360 e. The highest BCUT2D eigenvalue weighted by atomic mass is 79.9. The second-order valence-electron chi connectivity index (χ2n) is 3.41. The molecule has 0 saturated heterocycles. The van der Waals surface area contributed by atoms with E-state index in [1.54, 1.807) is 25.1 Å². The number of rotatable bonds is 2. The summed E-state index contributed by atoms with van der Waals surface area (Å²) in [7, 11) is 0. The van der Waals surface area contributed by atoms with Gasteiger partial charge in [0.25, 0.3) is 0 Å². The van der Waals surface area contributed by atoms with Crippen molar-refractivity contribution in [3.8, 4) is 0 Å². The molecule has 2 N–H and O–H groups in total. The fourth-order valence-corrected chi connectivity index (χ4v) is 1.67. The molecule has 0 aliphatic heterocycles. The first-order valence-electron chi connectivity index (χ1n) is 4.90. The van der Waals surface area contributed by atoms with Gasteiger partial charge >= 0.3 is 6.03 Å². The third-order valence-electron chi connectivity index (χ3n) is 1.95. The Hall–Kier alpha value is -1.82. The van der Waals surface area contributed by atoms with Gasteiger partial charge in [0.15, 0.2) is 5.82 Å². The largest absolute Gasteiger partial charge is 0.360 e. The van der Waals surface area contributed by atoms with E-state index in [0.29, 0.717) is 17.3 Å². The molecule has 2 amide bonds. The van der Waals surface area contributed by atoms with Gasteiger partial charge in [-0.25, -0.2) is 4.79 Å². The molecule has 1 aromatic heterocycles. The molecule has 2 aromatic rings. The summed E-state index contributed by atoms with van der Waals surface area (Å²) in [6, 6.07) is 8.58. The van der Waals surface area contributed by atoms with Crippen molar-refractivity contribution in [1.82, 2.24) is 5.16 Å². The van der Waals surface area contributed by atoms with Gasteiger partial charge in [-0.05, 0) is 25.1 Å². The summed E-state index contributed by atoms with van der Waals surface area (Å²) in [5.41, 5.74) is 0.692. The quantitative estimate of drug-likeness (QED) is 0.892. The van der Waals surface area contributed by atoms with Crippen molar-refractivity contribution < 1.29 is 9.32 Å². The second kappa shape index (κ2) is 5.01. The average molecular weight is 296 g/mol. The number of amides is 2. The summed E-state index contributed by atoms with van der Waals surface area (Å²) in [4.78, 5) is 11.6. The molecule has 5 nitrogen and oxygen atoms in total. The first-order valence-corrected chi connectivity index (χ1v) is 5.70. The molecule has 0 aliphatic carbocycles. The smallest absolute Gasteiger partial charge is 0.324 e. The number of aromatic nitrogens is 1. The summed E-state index contributed by atoms with van der Waals surface area (Å²) < 4.78 is 5.73. The van der Waals surface area contributed by atoms with E-state index in [9.17, 15) is 4.79 Å². The Bertz CT molecular complexity index is 539. The molecule has 17 heavy (non-hydrogen) atoms. The van der Waals surface area contributed by atoms with E-state index in [1.807, 2.05) is 12.1 Å². The summed E-state index contributed by atoms with van der Waals surface area (Å²) in [5, 5.41) is 8.90. The van der Waals surface area contributed by atoms with Crippen LogP contribution < -0.4 is 10.6 Å². The number of aryl methyl sites for hydroxylation is 1. The molecular formula is C11H10BrN3O2. The van der Waals surface area contributed by atoms with Crippen LogP contribution in [0, 0.1) is 6.92 Å². The van der Waals surface area contributed by atoms with Crippen LogP contribution in [0.1, 0.15) is 5.76 Å². The van der Waals surface area contributed by atoms with Gasteiger partial charge in [-0.3, -0.25) is 5.32 Å². The molecular weight excluding hydrogens is 286 g/mol. The fourth-order valence-electron chi connectivity index (χ4n) is 1.27. The predicted octanol–water partition coefficient (Wildman–Crippen LogP) is 3.39. The van der Waals surface area contributed by atoms with E-state index in [4.69, 9.17) is 4.52 Å². The molecule has 0 radical (unpaired) electrons. The molecule has 0 atom stereocenters. The highest BCUT2D eigenvalue weighted by molar-refractivity contribution is 9.10. The number of benzene rings is 1. The maximum atomic E-state index is 11.6. The van der Waals surface area contributed by atoms with Crippen LogP contribution in [0.25, 0.3) is 0 Å². The lowest BCUT2D eigenvalue weighted by Crippen LogP contribution is -2.19. The van der Waals surface area contributed by atoms with Crippen molar-refractivity contribution in [2.75, 3.05) is 10.6 Å². The number of nitrogens with one attached hydrogen (secondary N) is 2. The molecule has 0 aliphatic rings. The van der Waals surface area contributed by atoms with E-state index in [-0.39, 0.29) is 6.03 Å². The zero-order chi connectivity index (χ0) is 12.3. The number of carbonyl (C=O) groups is 1. The minimum atomic E-state index is -0.364. The van der Waals surface area contributed by atoms with Crippen LogP contribution in [0.3, 0.4) is 0 Å². The topological polar surface area (TPSA) is 67.2 Å². The Morgan fingerprint density at radius 2 is 2.18 bits per heavy atom. The third-order valence-corrected chi connectivity index (χ3v) is 2.45. The lowest BCUT2D eigenvalue weighted by Gasteiger charge is -2.05. The zero-order valence-corrected chi connectivity index (χ0v) is 10.6. The van der Waals surface area contributed by atoms with Crippen LogP contribution in [0.4, 0.5) is 16.3 Å². The van der Waals surface area contributed by atoms with Crippen molar-refractivity contribution in [2.24, 2.45) is 0 Å². The Morgan fingerprint density at radius 3 is 2.82 bits per heavy atom. The number of anilines is 2. The molecule has 0 unspecified atom stereocenters. The number of nitrogens with zero attached hydrogens (tertiary/aromatic N) is 1. The first kappa shape index (κ1) is 11.7. The van der Waals surface area contributed by atoms with Gasteiger partial charge in [0.2, 0.25) is 0 Å². The minimum absolute atomic E-state index is 0.364. The lowest BCUT2D eigenvalue weighted by molar-refractivity contribution is 0.262. The van der Waals surface area contributed by atoms with Gasteiger partial charge < -0.3 is 9.84 Å². The molecule has 0 spiro atoms. The van der Waals surface area contributed by atoms with Gasteiger partial charge in [-0.2, -0.15) is 0 Å².